The first-order valence-electron chi connectivity index (χ1n) is 5.10. The van der Waals surface area contributed by atoms with Crippen LogP contribution in [-0.2, 0) is 0 Å². The molecule has 0 saturated carbocycles. The van der Waals surface area contributed by atoms with Crippen molar-refractivity contribution in [2.75, 3.05) is 12.4 Å². The van der Waals surface area contributed by atoms with Gasteiger partial charge in [-0.3, -0.25) is 14.9 Å². The fourth-order valence-corrected chi connectivity index (χ4v) is 1.99. The number of pyridine rings is 1. The van der Waals surface area contributed by atoms with Crippen LogP contribution in [0.2, 0.25) is 0 Å². The number of hydrogen-bond acceptors (Lipinski definition) is 5. The number of amides is 1. The first-order valence-corrected chi connectivity index (χ1v) is 5.92. The fourth-order valence-electron chi connectivity index (χ4n) is 1.33. The van der Waals surface area contributed by atoms with Crippen LogP contribution in [0.5, 0.6) is 5.75 Å². The van der Waals surface area contributed by atoms with Crippen LogP contribution in [0.1, 0.15) is 15.4 Å². The monoisotopic (exact) mass is 265 g/mol. The Labute approximate surface area is 107 Å². The highest BCUT2D eigenvalue weighted by Crippen LogP contribution is 2.17. The predicted octanol–water partition coefficient (Wildman–Crippen LogP) is 1.40. The molecule has 2 rings (SSSR count). The van der Waals surface area contributed by atoms with Crippen LogP contribution >= 0.6 is 11.3 Å². The van der Waals surface area contributed by atoms with Gasteiger partial charge in [0.05, 0.1) is 7.11 Å². The van der Waals surface area contributed by atoms with Crippen LogP contribution in [0.15, 0.2) is 23.3 Å². The van der Waals surface area contributed by atoms with Gasteiger partial charge in [0.1, 0.15) is 5.69 Å². The van der Waals surface area contributed by atoms with Crippen molar-refractivity contribution < 1.29 is 9.53 Å². The van der Waals surface area contributed by atoms with E-state index in [4.69, 9.17) is 4.74 Å². The van der Waals surface area contributed by atoms with Crippen LogP contribution < -0.4 is 15.5 Å². The summed E-state index contributed by atoms with van der Waals surface area (Å²) in [7, 11) is 1.39. The topological polar surface area (TPSA) is 84.1 Å². The van der Waals surface area contributed by atoms with Crippen molar-refractivity contribution in [3.63, 3.8) is 0 Å². The number of carbonyl (C=O) groups excluding carboxylic acids is 1. The van der Waals surface area contributed by atoms with Gasteiger partial charge in [0.15, 0.2) is 10.9 Å². The molecule has 0 bridgehead atoms. The number of H-pyrrole nitrogens is 1. The Morgan fingerprint density at radius 1 is 1.56 bits per heavy atom. The molecular formula is C11H11N3O3S. The largest absolute Gasteiger partial charge is 0.491 e. The number of aromatic nitrogens is 2. The minimum Gasteiger partial charge on any atom is -0.491 e. The van der Waals surface area contributed by atoms with Crippen molar-refractivity contribution >= 4 is 22.4 Å². The molecule has 7 heteroatoms. The van der Waals surface area contributed by atoms with E-state index in [9.17, 15) is 9.59 Å². The van der Waals surface area contributed by atoms with E-state index in [1.54, 1.807) is 6.20 Å². The van der Waals surface area contributed by atoms with E-state index in [1.807, 2.05) is 6.92 Å². The summed E-state index contributed by atoms with van der Waals surface area (Å²) >= 11 is 1.36. The summed E-state index contributed by atoms with van der Waals surface area (Å²) < 4.78 is 4.82. The maximum absolute atomic E-state index is 11.8. The highest BCUT2D eigenvalue weighted by atomic mass is 32.1. The highest BCUT2D eigenvalue weighted by molar-refractivity contribution is 7.15. The zero-order chi connectivity index (χ0) is 13.1. The van der Waals surface area contributed by atoms with Crippen LogP contribution in [0.4, 0.5) is 5.13 Å². The Balaban J connectivity index is 2.19. The Morgan fingerprint density at radius 2 is 2.33 bits per heavy atom. The maximum atomic E-state index is 11.8. The third-order valence-corrected chi connectivity index (χ3v) is 3.01. The van der Waals surface area contributed by atoms with Crippen molar-refractivity contribution in [2.24, 2.45) is 0 Å². The van der Waals surface area contributed by atoms with E-state index in [-0.39, 0.29) is 16.9 Å². The van der Waals surface area contributed by atoms with E-state index >= 15 is 0 Å². The summed E-state index contributed by atoms with van der Waals surface area (Å²) in [6.07, 6.45) is 3.02. The molecule has 0 aliphatic carbocycles. The Morgan fingerprint density at radius 3 is 2.89 bits per heavy atom. The summed E-state index contributed by atoms with van der Waals surface area (Å²) in [5.74, 6) is -0.249. The second-order valence-electron chi connectivity index (χ2n) is 3.51. The van der Waals surface area contributed by atoms with Gasteiger partial charge in [0, 0.05) is 23.3 Å². The van der Waals surface area contributed by atoms with Crippen molar-refractivity contribution in [1.82, 2.24) is 9.97 Å². The van der Waals surface area contributed by atoms with E-state index in [0.717, 1.165) is 4.88 Å². The summed E-state index contributed by atoms with van der Waals surface area (Å²) in [6.45, 7) is 1.89. The van der Waals surface area contributed by atoms with Gasteiger partial charge < -0.3 is 9.72 Å². The van der Waals surface area contributed by atoms with E-state index in [1.165, 1.54) is 30.7 Å². The number of aromatic amines is 1. The number of rotatable bonds is 3. The van der Waals surface area contributed by atoms with Crippen LogP contribution in [0.25, 0.3) is 0 Å². The first kappa shape index (κ1) is 12.3. The summed E-state index contributed by atoms with van der Waals surface area (Å²) in [6, 6.07) is 1.19. The highest BCUT2D eigenvalue weighted by Gasteiger charge is 2.10. The average Bonchev–Trinajstić information content (AvgIpc) is 2.74. The molecular weight excluding hydrogens is 254 g/mol. The van der Waals surface area contributed by atoms with E-state index in [0.29, 0.717) is 5.13 Å². The second kappa shape index (κ2) is 5.01. The van der Waals surface area contributed by atoms with Gasteiger partial charge in [0.25, 0.3) is 5.91 Å². The molecule has 6 nitrogen and oxygen atoms in total. The SMILES string of the molecule is COc1c[nH]c(C(=O)Nc2ncc(C)s2)cc1=O. The van der Waals surface area contributed by atoms with Gasteiger partial charge >= 0.3 is 0 Å². The molecule has 1 amide bonds. The second-order valence-corrected chi connectivity index (χ2v) is 4.74. The lowest BCUT2D eigenvalue weighted by molar-refractivity contribution is 0.102. The number of hydrogen-bond donors (Lipinski definition) is 2. The van der Waals surface area contributed by atoms with Gasteiger partial charge in [0.2, 0.25) is 5.43 Å². The Bertz CT molecular complexity index is 632. The number of carbonyl (C=O) groups is 1. The van der Waals surface area contributed by atoms with E-state index < -0.39 is 5.91 Å². The molecule has 0 spiro atoms. The van der Waals surface area contributed by atoms with Crippen molar-refractivity contribution in [3.8, 4) is 5.75 Å². The number of methoxy groups -OCH3 is 1. The Kier molecular flexibility index (Phi) is 3.42. The van der Waals surface area contributed by atoms with Gasteiger partial charge in [-0.1, -0.05) is 0 Å². The predicted molar refractivity (Wildman–Crippen MR) is 68.4 cm³/mol. The van der Waals surface area contributed by atoms with Crippen molar-refractivity contribution in [2.45, 2.75) is 6.92 Å². The van der Waals surface area contributed by atoms with Crippen molar-refractivity contribution in [1.29, 1.82) is 0 Å². The molecule has 2 aromatic heterocycles. The number of nitrogens with zero attached hydrogens (tertiary/aromatic N) is 1. The minimum absolute atomic E-state index is 0.161. The third kappa shape index (κ3) is 2.57. The molecule has 94 valence electrons. The lowest BCUT2D eigenvalue weighted by Crippen LogP contribution is -2.17. The third-order valence-electron chi connectivity index (χ3n) is 2.18. The number of ether oxygens (including phenoxy) is 1. The molecule has 0 aromatic carbocycles. The molecule has 2 heterocycles. The standard InChI is InChI=1S/C11H11N3O3S/c1-6-4-13-11(18-6)14-10(16)7-3-8(15)9(17-2)5-12-7/h3-5H,1-2H3,(H,12,15)(H,13,14,16). The van der Waals surface area contributed by atoms with E-state index in [2.05, 4.69) is 15.3 Å². The molecule has 0 unspecified atom stereocenters. The van der Waals surface area contributed by atoms with Crippen LogP contribution in [0.3, 0.4) is 0 Å². The smallest absolute Gasteiger partial charge is 0.273 e. The molecule has 0 aliphatic rings. The number of aryl methyl sites for hydroxylation is 1. The normalized spacial score (nSPS) is 10.1. The number of thiazole rings is 1. The number of nitrogens with one attached hydrogen (secondary N) is 2. The molecule has 0 fully saturated rings. The zero-order valence-electron chi connectivity index (χ0n) is 9.81. The molecule has 2 aromatic rings. The molecule has 2 N–H and O–H groups in total. The molecule has 0 radical (unpaired) electrons. The summed E-state index contributed by atoms with van der Waals surface area (Å²) in [5.41, 5.74) is -0.189. The lowest BCUT2D eigenvalue weighted by atomic mass is 10.3. The molecule has 0 aliphatic heterocycles. The van der Waals surface area contributed by atoms with Crippen LogP contribution in [0, 0.1) is 6.92 Å². The molecule has 0 saturated heterocycles. The minimum atomic E-state index is -0.413. The molecule has 0 atom stereocenters. The van der Waals surface area contributed by atoms with Gasteiger partial charge in [-0.2, -0.15) is 0 Å². The van der Waals surface area contributed by atoms with Crippen LogP contribution in [-0.4, -0.2) is 23.0 Å². The zero-order valence-corrected chi connectivity index (χ0v) is 10.6. The number of anilines is 1. The lowest BCUT2D eigenvalue weighted by Gasteiger charge is -2.03. The maximum Gasteiger partial charge on any atom is 0.273 e. The van der Waals surface area contributed by atoms with Gasteiger partial charge in [-0.05, 0) is 6.92 Å². The average molecular weight is 265 g/mol. The van der Waals surface area contributed by atoms with Crippen molar-refractivity contribution in [3.05, 3.63) is 39.3 Å². The Hall–Kier alpha value is -2.15. The van der Waals surface area contributed by atoms with Gasteiger partial charge in [-0.25, -0.2) is 4.98 Å². The summed E-state index contributed by atoms with van der Waals surface area (Å²) in [4.78, 5) is 31.0. The fraction of sp³-hybridized carbons (Fsp3) is 0.182. The first-order chi connectivity index (χ1) is 8.60. The van der Waals surface area contributed by atoms with Gasteiger partial charge in [-0.15, -0.1) is 11.3 Å². The quantitative estimate of drug-likeness (QED) is 0.878. The summed E-state index contributed by atoms with van der Waals surface area (Å²) in [5, 5.41) is 3.10. The molecule has 18 heavy (non-hydrogen) atoms.